The average molecular weight is 172 g/mol. The molecule has 0 aromatic heterocycles. The monoisotopic (exact) mass is 172 g/mol. The van der Waals surface area contributed by atoms with E-state index in [9.17, 15) is 0 Å². The molecule has 1 aliphatic rings. The van der Waals surface area contributed by atoms with Crippen LogP contribution in [0.3, 0.4) is 0 Å². The third-order valence-corrected chi connectivity index (χ3v) is 2.64. The molecule has 0 N–H and O–H groups in total. The van der Waals surface area contributed by atoms with Crippen LogP contribution in [0.15, 0.2) is 25.7 Å². The first-order valence-electron chi connectivity index (χ1n) is 3.87. The Labute approximate surface area is 70.8 Å². The van der Waals surface area contributed by atoms with Crippen molar-refractivity contribution in [1.82, 2.24) is 0 Å². The van der Waals surface area contributed by atoms with E-state index in [1.807, 2.05) is 0 Å². The summed E-state index contributed by atoms with van der Waals surface area (Å²) in [5.74, 6) is 0. The Kier molecular flexibility index (Phi) is 8.99. The van der Waals surface area contributed by atoms with Gasteiger partial charge in [0.25, 0.3) is 0 Å². The molecule has 0 radical (unpaired) electrons. The van der Waals surface area contributed by atoms with Crippen LogP contribution in [0, 0.1) is 0 Å². The van der Waals surface area contributed by atoms with Gasteiger partial charge in [0, 0.05) is 6.61 Å². The van der Waals surface area contributed by atoms with Gasteiger partial charge in [-0.05, 0) is 12.5 Å². The third kappa shape index (κ3) is 9.46. The largest absolute Gasteiger partial charge is 0.474 e. The Morgan fingerprint density at radius 3 is 2.09 bits per heavy atom. The van der Waals surface area contributed by atoms with E-state index in [0.29, 0.717) is 0 Å². The molecule has 64 valence electrons. The summed E-state index contributed by atoms with van der Waals surface area (Å²) in [4.78, 5) is 0. The fraction of sp³-hybridized carbons (Fsp3) is 0.500. The fourth-order valence-corrected chi connectivity index (χ4v) is 1.93. The van der Waals surface area contributed by atoms with Crippen LogP contribution in [0.4, 0.5) is 0 Å². The molecule has 1 fully saturated rings. The molecule has 1 rings (SSSR count). The lowest BCUT2D eigenvalue weighted by molar-refractivity contribution is 0.304. The van der Waals surface area contributed by atoms with Crippen molar-refractivity contribution in [3.63, 3.8) is 0 Å². The molecule has 3 heteroatoms. The minimum absolute atomic E-state index is 0.00849. The lowest BCUT2D eigenvalue weighted by atomic mass is 10.4. The van der Waals surface area contributed by atoms with Gasteiger partial charge in [0.15, 0.2) is 9.76 Å². The molecule has 2 nitrogen and oxygen atoms in total. The fourth-order valence-electron chi connectivity index (χ4n) is 0.755. The zero-order chi connectivity index (χ0) is 8.36. The van der Waals surface area contributed by atoms with Crippen molar-refractivity contribution in [1.29, 1.82) is 0 Å². The van der Waals surface area contributed by atoms with E-state index in [-0.39, 0.29) is 9.76 Å². The van der Waals surface area contributed by atoms with Gasteiger partial charge in [-0.1, -0.05) is 19.6 Å². The standard InChI is InChI=1S/C4H10OSi.C4H6O/c1-2-4-6-5-3-1;1-3-5-4-2/h1-4,6H2;3-4H,1-2H2. The van der Waals surface area contributed by atoms with Gasteiger partial charge >= 0.3 is 0 Å². The summed E-state index contributed by atoms with van der Waals surface area (Å²) in [6.07, 6.45) is 5.37. The molecule has 1 aliphatic heterocycles. The molecule has 1 saturated heterocycles. The Morgan fingerprint density at radius 1 is 1.27 bits per heavy atom. The Hall–Kier alpha value is -0.543. The first-order valence-corrected chi connectivity index (χ1v) is 5.44. The summed E-state index contributed by atoms with van der Waals surface area (Å²) in [6, 6.07) is 1.42. The van der Waals surface area contributed by atoms with Gasteiger partial charge in [-0.3, -0.25) is 0 Å². The lowest BCUT2D eigenvalue weighted by Gasteiger charge is -2.07. The molecule has 0 atom stereocenters. The normalized spacial score (nSPS) is 17.8. The predicted molar refractivity (Wildman–Crippen MR) is 50.0 cm³/mol. The second-order valence-corrected chi connectivity index (χ2v) is 3.67. The maximum atomic E-state index is 5.21. The molecular weight excluding hydrogens is 156 g/mol. The van der Waals surface area contributed by atoms with Crippen LogP contribution in [0.2, 0.25) is 6.04 Å². The van der Waals surface area contributed by atoms with Crippen molar-refractivity contribution in [2.24, 2.45) is 0 Å². The Bertz CT molecular complexity index is 82.8. The van der Waals surface area contributed by atoms with Gasteiger partial charge in [0.2, 0.25) is 0 Å². The SMILES string of the molecule is C1CC[SiH2]OC1.C=COC=C. The van der Waals surface area contributed by atoms with E-state index >= 15 is 0 Å². The van der Waals surface area contributed by atoms with Gasteiger partial charge in [-0.2, -0.15) is 0 Å². The van der Waals surface area contributed by atoms with Crippen molar-refractivity contribution in [2.75, 3.05) is 6.61 Å². The minimum atomic E-state index is 0.00849. The van der Waals surface area contributed by atoms with Crippen molar-refractivity contribution in [3.8, 4) is 0 Å². The average Bonchev–Trinajstić information content (AvgIpc) is 2.10. The van der Waals surface area contributed by atoms with Gasteiger partial charge < -0.3 is 9.16 Å². The lowest BCUT2D eigenvalue weighted by Crippen LogP contribution is -2.06. The first kappa shape index (κ1) is 10.5. The van der Waals surface area contributed by atoms with E-state index in [4.69, 9.17) is 4.43 Å². The van der Waals surface area contributed by atoms with Crippen molar-refractivity contribution >= 4 is 9.76 Å². The number of hydrogen-bond acceptors (Lipinski definition) is 2. The highest BCUT2D eigenvalue weighted by Crippen LogP contribution is 2.01. The van der Waals surface area contributed by atoms with E-state index in [1.54, 1.807) is 0 Å². The molecular formula is C8H16O2Si. The van der Waals surface area contributed by atoms with Crippen LogP contribution in [-0.4, -0.2) is 16.4 Å². The van der Waals surface area contributed by atoms with Crippen LogP contribution >= 0.6 is 0 Å². The van der Waals surface area contributed by atoms with Gasteiger partial charge in [-0.15, -0.1) is 0 Å². The minimum Gasteiger partial charge on any atom is -0.474 e. The van der Waals surface area contributed by atoms with E-state index in [2.05, 4.69) is 17.9 Å². The van der Waals surface area contributed by atoms with Gasteiger partial charge in [-0.25, -0.2) is 0 Å². The van der Waals surface area contributed by atoms with Crippen molar-refractivity contribution < 1.29 is 9.16 Å². The summed E-state index contributed by atoms with van der Waals surface area (Å²) in [6.45, 7) is 7.58. The molecule has 11 heavy (non-hydrogen) atoms. The molecule has 0 saturated carbocycles. The van der Waals surface area contributed by atoms with Crippen molar-refractivity contribution in [3.05, 3.63) is 25.7 Å². The molecule has 1 heterocycles. The Morgan fingerprint density at radius 2 is 2.00 bits per heavy atom. The van der Waals surface area contributed by atoms with Gasteiger partial charge in [0.1, 0.15) is 0 Å². The highest BCUT2D eigenvalue weighted by Gasteiger charge is 1.96. The summed E-state index contributed by atoms with van der Waals surface area (Å²) < 4.78 is 9.57. The molecule has 0 bridgehead atoms. The molecule has 0 spiro atoms. The summed E-state index contributed by atoms with van der Waals surface area (Å²) in [5.41, 5.74) is 0. The topological polar surface area (TPSA) is 18.5 Å². The van der Waals surface area contributed by atoms with Crippen LogP contribution in [0.25, 0.3) is 0 Å². The predicted octanol–water partition coefficient (Wildman–Crippen LogP) is 1.59. The van der Waals surface area contributed by atoms with Gasteiger partial charge in [0.05, 0.1) is 12.5 Å². The van der Waals surface area contributed by atoms with Crippen LogP contribution in [-0.2, 0) is 9.16 Å². The maximum Gasteiger partial charge on any atom is 0.161 e. The molecule has 0 aliphatic carbocycles. The van der Waals surface area contributed by atoms with Crippen LogP contribution < -0.4 is 0 Å². The Balaban J connectivity index is 0.000000187. The maximum absolute atomic E-state index is 5.21. The summed E-state index contributed by atoms with van der Waals surface area (Å²) >= 11 is 0. The van der Waals surface area contributed by atoms with E-state index in [0.717, 1.165) is 6.61 Å². The number of hydrogen-bond donors (Lipinski definition) is 0. The smallest absolute Gasteiger partial charge is 0.161 e. The molecule has 0 unspecified atom stereocenters. The molecule has 0 aromatic rings. The molecule has 0 aromatic carbocycles. The first-order chi connectivity index (χ1) is 5.41. The zero-order valence-corrected chi connectivity index (χ0v) is 8.34. The van der Waals surface area contributed by atoms with Crippen LogP contribution in [0.5, 0.6) is 0 Å². The van der Waals surface area contributed by atoms with E-state index in [1.165, 1.54) is 31.4 Å². The highest BCUT2D eigenvalue weighted by atomic mass is 28.2. The number of ether oxygens (including phenoxy) is 1. The highest BCUT2D eigenvalue weighted by molar-refractivity contribution is 6.27. The van der Waals surface area contributed by atoms with Crippen LogP contribution in [0.1, 0.15) is 12.8 Å². The number of rotatable bonds is 2. The van der Waals surface area contributed by atoms with Crippen molar-refractivity contribution in [2.45, 2.75) is 18.9 Å². The quantitative estimate of drug-likeness (QED) is 0.465. The van der Waals surface area contributed by atoms with E-state index < -0.39 is 0 Å². The second-order valence-electron chi connectivity index (χ2n) is 2.14. The second kappa shape index (κ2) is 9.46. The molecule has 0 amide bonds. The summed E-state index contributed by atoms with van der Waals surface area (Å²) in [5, 5.41) is 0. The summed E-state index contributed by atoms with van der Waals surface area (Å²) in [7, 11) is 0.00849. The third-order valence-electron chi connectivity index (χ3n) is 1.27. The zero-order valence-electron chi connectivity index (χ0n) is 6.92.